The number of benzene rings is 1. The first-order valence-electron chi connectivity index (χ1n) is 5.89. The lowest BCUT2D eigenvalue weighted by Crippen LogP contribution is -1.93. The largest absolute Gasteiger partial charge is 0.276 e. The summed E-state index contributed by atoms with van der Waals surface area (Å²) in [6, 6.07) is 9.96. The fraction of sp³-hybridized carbons (Fsp3) is 0.154. The van der Waals surface area contributed by atoms with Crippen LogP contribution >= 0.6 is 11.8 Å². The average Bonchev–Trinajstić information content (AvgIpc) is 3.06. The monoisotopic (exact) mass is 271 g/mol. The summed E-state index contributed by atoms with van der Waals surface area (Å²) in [5.74, 6) is 0.826. The molecule has 96 valence electrons. The first-order chi connectivity index (χ1) is 9.31. The molecule has 5 nitrogen and oxygen atoms in total. The van der Waals surface area contributed by atoms with Gasteiger partial charge in [0, 0.05) is 24.6 Å². The summed E-state index contributed by atoms with van der Waals surface area (Å²) in [7, 11) is 1.91. The molecule has 0 fully saturated rings. The van der Waals surface area contributed by atoms with Crippen LogP contribution < -0.4 is 0 Å². The Morgan fingerprint density at radius 3 is 2.79 bits per heavy atom. The molecule has 0 N–H and O–H groups in total. The van der Waals surface area contributed by atoms with E-state index in [0.29, 0.717) is 0 Å². The summed E-state index contributed by atoms with van der Waals surface area (Å²) in [6.45, 7) is 0. The van der Waals surface area contributed by atoms with E-state index in [1.165, 1.54) is 5.56 Å². The Bertz CT molecular complexity index is 658. The van der Waals surface area contributed by atoms with Crippen molar-refractivity contribution < 1.29 is 0 Å². The van der Waals surface area contributed by atoms with Gasteiger partial charge in [-0.05, 0) is 12.1 Å². The van der Waals surface area contributed by atoms with Crippen LogP contribution in [-0.2, 0) is 12.8 Å². The van der Waals surface area contributed by atoms with Crippen molar-refractivity contribution >= 4 is 11.8 Å². The normalized spacial score (nSPS) is 10.8. The number of thioether (sulfide) groups is 1. The lowest BCUT2D eigenvalue weighted by Gasteiger charge is -1.98. The van der Waals surface area contributed by atoms with Crippen molar-refractivity contribution in [3.8, 4) is 5.69 Å². The second-order valence-electron chi connectivity index (χ2n) is 4.12. The van der Waals surface area contributed by atoms with Crippen LogP contribution in [0.3, 0.4) is 0 Å². The fourth-order valence-electron chi connectivity index (χ4n) is 1.71. The highest BCUT2D eigenvalue weighted by Gasteiger charge is 2.04. The minimum Gasteiger partial charge on any atom is -0.276 e. The van der Waals surface area contributed by atoms with Crippen LogP contribution in [0.1, 0.15) is 5.56 Å². The Morgan fingerprint density at radius 1 is 1.21 bits per heavy atom. The molecule has 0 aliphatic rings. The molecule has 0 radical (unpaired) electrons. The molecule has 0 saturated heterocycles. The standard InChI is InChI=1S/C13H13N5S/c1-17-8-11(7-15-17)9-19-13-14-10-18(16-13)12-5-3-2-4-6-12/h2-8,10H,9H2,1H3. The molecule has 0 atom stereocenters. The number of para-hydroxylation sites is 1. The number of nitrogens with zero attached hydrogens (tertiary/aromatic N) is 5. The Balaban J connectivity index is 1.68. The smallest absolute Gasteiger partial charge is 0.209 e. The molecule has 0 aliphatic carbocycles. The quantitative estimate of drug-likeness (QED) is 0.683. The van der Waals surface area contributed by atoms with E-state index in [-0.39, 0.29) is 0 Å². The Morgan fingerprint density at radius 2 is 2.05 bits per heavy atom. The molecule has 19 heavy (non-hydrogen) atoms. The molecular weight excluding hydrogens is 258 g/mol. The molecule has 2 aromatic heterocycles. The topological polar surface area (TPSA) is 48.5 Å². The SMILES string of the molecule is Cn1cc(CSc2ncn(-c3ccccc3)n2)cn1. The van der Waals surface area contributed by atoms with E-state index >= 15 is 0 Å². The molecule has 0 amide bonds. The molecule has 3 rings (SSSR count). The number of hydrogen-bond acceptors (Lipinski definition) is 4. The molecule has 0 aliphatic heterocycles. The van der Waals surface area contributed by atoms with Gasteiger partial charge in [0.1, 0.15) is 6.33 Å². The third-order valence-electron chi connectivity index (χ3n) is 2.62. The van der Waals surface area contributed by atoms with Crippen LogP contribution in [0.25, 0.3) is 5.69 Å². The van der Waals surface area contributed by atoms with Crippen molar-refractivity contribution in [1.82, 2.24) is 24.5 Å². The summed E-state index contributed by atoms with van der Waals surface area (Å²) < 4.78 is 3.58. The molecule has 0 saturated carbocycles. The molecule has 0 bridgehead atoms. The summed E-state index contributed by atoms with van der Waals surface area (Å²) in [4.78, 5) is 4.30. The Hall–Kier alpha value is -2.08. The van der Waals surface area contributed by atoms with Crippen molar-refractivity contribution in [3.05, 3.63) is 54.6 Å². The number of rotatable bonds is 4. The van der Waals surface area contributed by atoms with Crippen molar-refractivity contribution in [2.24, 2.45) is 7.05 Å². The first-order valence-corrected chi connectivity index (χ1v) is 6.87. The second kappa shape index (κ2) is 5.27. The third-order valence-corrected chi connectivity index (χ3v) is 3.54. The Labute approximate surface area is 115 Å². The van der Waals surface area contributed by atoms with Gasteiger partial charge in [0.15, 0.2) is 0 Å². The van der Waals surface area contributed by atoms with Gasteiger partial charge >= 0.3 is 0 Å². The van der Waals surface area contributed by atoms with Gasteiger partial charge in [-0.2, -0.15) is 5.10 Å². The van der Waals surface area contributed by atoms with E-state index in [9.17, 15) is 0 Å². The summed E-state index contributed by atoms with van der Waals surface area (Å²) >= 11 is 1.61. The Kier molecular flexibility index (Phi) is 3.33. The van der Waals surface area contributed by atoms with Crippen molar-refractivity contribution in [2.75, 3.05) is 0 Å². The van der Waals surface area contributed by atoms with Crippen LogP contribution in [0, 0.1) is 0 Å². The molecule has 2 heterocycles. The van der Waals surface area contributed by atoms with Gasteiger partial charge in [-0.1, -0.05) is 30.0 Å². The lowest BCUT2D eigenvalue weighted by atomic mass is 10.3. The third kappa shape index (κ3) is 2.85. The zero-order valence-corrected chi connectivity index (χ0v) is 11.3. The van der Waals surface area contributed by atoms with Crippen molar-refractivity contribution in [3.63, 3.8) is 0 Å². The molecule has 0 spiro atoms. The van der Waals surface area contributed by atoms with Gasteiger partial charge in [-0.25, -0.2) is 9.67 Å². The van der Waals surface area contributed by atoms with Crippen molar-refractivity contribution in [1.29, 1.82) is 0 Å². The minimum atomic E-state index is 0.771. The predicted molar refractivity (Wildman–Crippen MR) is 74.1 cm³/mol. The first kappa shape index (κ1) is 12.0. The highest BCUT2D eigenvalue weighted by Crippen LogP contribution is 2.19. The van der Waals surface area contributed by atoms with Gasteiger partial charge in [0.2, 0.25) is 5.16 Å². The molecular formula is C13H13N5S. The number of aromatic nitrogens is 5. The molecule has 6 heteroatoms. The van der Waals surface area contributed by atoms with Gasteiger partial charge in [-0.15, -0.1) is 5.10 Å². The maximum atomic E-state index is 4.44. The fourth-order valence-corrected chi connectivity index (χ4v) is 2.43. The van der Waals surface area contributed by atoms with Gasteiger partial charge in [0.25, 0.3) is 0 Å². The van der Waals surface area contributed by atoms with E-state index < -0.39 is 0 Å². The predicted octanol–water partition coefficient (Wildman–Crippen LogP) is 2.29. The maximum absolute atomic E-state index is 4.44. The van der Waals surface area contributed by atoms with Gasteiger partial charge < -0.3 is 0 Å². The highest BCUT2D eigenvalue weighted by molar-refractivity contribution is 7.98. The minimum absolute atomic E-state index is 0.771. The van der Waals surface area contributed by atoms with Crippen LogP contribution in [0.5, 0.6) is 0 Å². The van der Waals surface area contributed by atoms with E-state index in [1.54, 1.807) is 27.5 Å². The van der Waals surface area contributed by atoms with E-state index in [0.717, 1.165) is 16.6 Å². The van der Waals surface area contributed by atoms with Crippen molar-refractivity contribution in [2.45, 2.75) is 10.9 Å². The van der Waals surface area contributed by atoms with Gasteiger partial charge in [-0.3, -0.25) is 4.68 Å². The number of aryl methyl sites for hydroxylation is 1. The highest BCUT2D eigenvalue weighted by atomic mass is 32.2. The maximum Gasteiger partial charge on any atom is 0.209 e. The molecule has 1 aromatic carbocycles. The van der Waals surface area contributed by atoms with Gasteiger partial charge in [0.05, 0.1) is 11.9 Å². The van der Waals surface area contributed by atoms with E-state index in [4.69, 9.17) is 0 Å². The second-order valence-corrected chi connectivity index (χ2v) is 5.06. The zero-order valence-electron chi connectivity index (χ0n) is 10.5. The van der Waals surface area contributed by atoms with Crippen LogP contribution in [0.2, 0.25) is 0 Å². The average molecular weight is 271 g/mol. The van der Waals surface area contributed by atoms with Crippen LogP contribution in [0.4, 0.5) is 0 Å². The molecule has 3 aromatic rings. The van der Waals surface area contributed by atoms with E-state index in [2.05, 4.69) is 15.2 Å². The van der Waals surface area contributed by atoms with Crippen LogP contribution in [-0.4, -0.2) is 24.5 Å². The zero-order chi connectivity index (χ0) is 13.1. The summed E-state index contributed by atoms with van der Waals surface area (Å²) in [6.07, 6.45) is 5.60. The summed E-state index contributed by atoms with van der Waals surface area (Å²) in [5.41, 5.74) is 2.19. The lowest BCUT2D eigenvalue weighted by molar-refractivity contribution is 0.767. The summed E-state index contributed by atoms with van der Waals surface area (Å²) in [5, 5.41) is 9.35. The van der Waals surface area contributed by atoms with Crippen LogP contribution in [0.15, 0.2) is 54.2 Å². The number of hydrogen-bond donors (Lipinski definition) is 0. The molecule has 0 unspecified atom stereocenters. The van der Waals surface area contributed by atoms with E-state index in [1.807, 2.05) is 49.8 Å².